The highest BCUT2D eigenvalue weighted by molar-refractivity contribution is 5.07. The Balaban J connectivity index is 1.57. The maximum absolute atomic E-state index is 11.3. The van der Waals surface area contributed by atoms with Crippen molar-refractivity contribution >= 4 is 0 Å². The van der Waals surface area contributed by atoms with Gasteiger partial charge in [-0.2, -0.15) is 5.10 Å². The number of nitrogens with one attached hydrogen (secondary N) is 1. The largest absolute Gasteiger partial charge is 0.389 e. The molecule has 4 heterocycles. The molecule has 0 aromatic carbocycles. The fraction of sp³-hybridized carbons (Fsp3) is 0.875. The third-order valence-electron chi connectivity index (χ3n) is 5.81. The van der Waals surface area contributed by atoms with Crippen molar-refractivity contribution in [3.8, 4) is 0 Å². The Bertz CT molecular complexity index is 551. The van der Waals surface area contributed by atoms with E-state index in [0.717, 1.165) is 50.6 Å². The zero-order chi connectivity index (χ0) is 15.9. The van der Waals surface area contributed by atoms with E-state index in [-0.39, 0.29) is 11.8 Å². The van der Waals surface area contributed by atoms with E-state index in [1.165, 1.54) is 0 Å². The molecule has 3 aliphatic heterocycles. The Morgan fingerprint density at radius 3 is 3.04 bits per heavy atom. The van der Waals surface area contributed by atoms with Crippen molar-refractivity contribution in [2.75, 3.05) is 33.0 Å². The van der Waals surface area contributed by atoms with Gasteiger partial charge in [-0.1, -0.05) is 6.92 Å². The second kappa shape index (κ2) is 6.12. The lowest BCUT2D eigenvalue weighted by Crippen LogP contribution is -2.67. The second-order valence-electron chi connectivity index (χ2n) is 7.03. The molecule has 0 amide bonds. The maximum atomic E-state index is 11.3. The quantitative estimate of drug-likeness (QED) is 0.836. The molecule has 1 aromatic rings. The first-order valence-electron chi connectivity index (χ1n) is 8.72. The summed E-state index contributed by atoms with van der Waals surface area (Å²) in [6, 6.07) is 0.346. The molecule has 3 fully saturated rings. The van der Waals surface area contributed by atoms with Gasteiger partial charge in [-0.25, -0.2) is 4.98 Å². The van der Waals surface area contributed by atoms with E-state index in [0.29, 0.717) is 25.9 Å². The molecule has 23 heavy (non-hydrogen) atoms. The molecule has 3 saturated heterocycles. The highest BCUT2D eigenvalue weighted by Crippen LogP contribution is 2.44. The van der Waals surface area contributed by atoms with Gasteiger partial charge in [-0.3, -0.25) is 10.00 Å². The number of aromatic amines is 1. The smallest absolute Gasteiger partial charge is 0.150 e. The van der Waals surface area contributed by atoms with Crippen molar-refractivity contribution < 1.29 is 14.6 Å². The van der Waals surface area contributed by atoms with E-state index in [2.05, 4.69) is 27.0 Å². The first kappa shape index (κ1) is 15.5. The minimum atomic E-state index is -0.643. The average molecular weight is 322 g/mol. The molecule has 4 rings (SSSR count). The molecule has 1 aromatic heterocycles. The minimum Gasteiger partial charge on any atom is -0.389 e. The molecule has 2 N–H and O–H groups in total. The molecule has 0 spiro atoms. The van der Waals surface area contributed by atoms with E-state index in [1.807, 2.05) is 0 Å². The van der Waals surface area contributed by atoms with Crippen LogP contribution in [0.25, 0.3) is 0 Å². The zero-order valence-corrected chi connectivity index (χ0v) is 13.7. The van der Waals surface area contributed by atoms with Crippen LogP contribution in [0.5, 0.6) is 0 Å². The van der Waals surface area contributed by atoms with Gasteiger partial charge in [0.1, 0.15) is 11.6 Å². The molecular formula is C16H26N4O3. The molecule has 7 nitrogen and oxygen atoms in total. The molecule has 0 aliphatic carbocycles. The van der Waals surface area contributed by atoms with Gasteiger partial charge in [0.05, 0.1) is 25.4 Å². The lowest BCUT2D eigenvalue weighted by Gasteiger charge is -2.57. The second-order valence-corrected chi connectivity index (χ2v) is 7.03. The molecule has 0 bridgehead atoms. The van der Waals surface area contributed by atoms with E-state index >= 15 is 0 Å². The van der Waals surface area contributed by atoms with Gasteiger partial charge in [0.15, 0.2) is 0 Å². The van der Waals surface area contributed by atoms with E-state index < -0.39 is 5.60 Å². The summed E-state index contributed by atoms with van der Waals surface area (Å²) in [6.45, 7) is 6.35. The minimum absolute atomic E-state index is 0.146. The number of piperidine rings is 1. The summed E-state index contributed by atoms with van der Waals surface area (Å²) in [5, 5.41) is 18.6. The van der Waals surface area contributed by atoms with Gasteiger partial charge in [0.2, 0.25) is 0 Å². The topological polar surface area (TPSA) is 83.5 Å². The normalized spacial score (nSPS) is 38.1. The van der Waals surface area contributed by atoms with Crippen LogP contribution in [0.4, 0.5) is 0 Å². The zero-order valence-electron chi connectivity index (χ0n) is 13.7. The van der Waals surface area contributed by atoms with E-state index in [9.17, 15) is 5.11 Å². The molecule has 128 valence electrons. The number of fused-ring (bicyclic) bond motifs is 3. The Morgan fingerprint density at radius 1 is 1.35 bits per heavy atom. The first-order chi connectivity index (χ1) is 11.2. The van der Waals surface area contributed by atoms with Gasteiger partial charge in [-0.05, 0) is 6.42 Å². The van der Waals surface area contributed by atoms with Crippen LogP contribution in [0.15, 0.2) is 0 Å². The van der Waals surface area contributed by atoms with Crippen LogP contribution in [0, 0.1) is 11.8 Å². The summed E-state index contributed by atoms with van der Waals surface area (Å²) >= 11 is 0. The molecule has 7 heteroatoms. The Hall–Kier alpha value is -1.02. The summed E-state index contributed by atoms with van der Waals surface area (Å²) in [5.41, 5.74) is -0.643. The highest BCUT2D eigenvalue weighted by Gasteiger charge is 2.55. The fourth-order valence-corrected chi connectivity index (χ4v) is 4.51. The lowest BCUT2D eigenvalue weighted by molar-refractivity contribution is -0.221. The fourth-order valence-electron chi connectivity index (χ4n) is 4.51. The maximum Gasteiger partial charge on any atom is 0.150 e. The van der Waals surface area contributed by atoms with Crippen molar-refractivity contribution in [2.24, 2.45) is 11.8 Å². The standard InChI is InChI=1S/C16H26N4O3/c1-2-14-17-15(19-18-14)8-20-7-11-9-23-6-4-16(11,21)12-10-22-5-3-13(12)20/h11-13,21H,2-10H2,1H3,(H,17,18,19)/t11-,12+,13-,16-/m0/s1. The summed E-state index contributed by atoms with van der Waals surface area (Å²) in [5.74, 6) is 2.08. The number of nitrogens with zero attached hydrogens (tertiary/aromatic N) is 3. The van der Waals surface area contributed by atoms with Crippen molar-refractivity contribution in [3.05, 3.63) is 11.6 Å². The molecule has 0 radical (unpaired) electrons. The summed E-state index contributed by atoms with van der Waals surface area (Å²) in [6.07, 6.45) is 2.53. The predicted octanol–water partition coefficient (Wildman–Crippen LogP) is 0.355. The molecule has 0 unspecified atom stereocenters. The number of likely N-dealkylation sites (tertiary alicyclic amines) is 1. The summed E-state index contributed by atoms with van der Waals surface area (Å²) in [7, 11) is 0. The first-order valence-corrected chi connectivity index (χ1v) is 8.72. The van der Waals surface area contributed by atoms with Crippen LogP contribution in [-0.2, 0) is 22.4 Å². The average Bonchev–Trinajstić information content (AvgIpc) is 3.03. The van der Waals surface area contributed by atoms with Gasteiger partial charge in [-0.15, -0.1) is 0 Å². The van der Waals surface area contributed by atoms with Crippen LogP contribution < -0.4 is 0 Å². The number of aliphatic hydroxyl groups is 1. The predicted molar refractivity (Wildman–Crippen MR) is 82.8 cm³/mol. The number of hydrogen-bond donors (Lipinski definition) is 2. The molecular weight excluding hydrogens is 296 g/mol. The third kappa shape index (κ3) is 2.69. The number of hydrogen-bond acceptors (Lipinski definition) is 6. The van der Waals surface area contributed by atoms with Crippen molar-refractivity contribution in [1.29, 1.82) is 0 Å². The van der Waals surface area contributed by atoms with Gasteiger partial charge < -0.3 is 14.6 Å². The van der Waals surface area contributed by atoms with Gasteiger partial charge >= 0.3 is 0 Å². The third-order valence-corrected chi connectivity index (χ3v) is 5.81. The van der Waals surface area contributed by atoms with Crippen LogP contribution in [0.2, 0.25) is 0 Å². The van der Waals surface area contributed by atoms with Crippen LogP contribution >= 0.6 is 0 Å². The van der Waals surface area contributed by atoms with E-state index in [4.69, 9.17) is 9.47 Å². The Labute approximate surface area is 136 Å². The summed E-state index contributed by atoms with van der Waals surface area (Å²) < 4.78 is 11.4. The molecule has 4 atom stereocenters. The van der Waals surface area contributed by atoms with Crippen LogP contribution in [0.1, 0.15) is 31.4 Å². The van der Waals surface area contributed by atoms with Gasteiger partial charge in [0, 0.05) is 50.5 Å². The Morgan fingerprint density at radius 2 is 2.22 bits per heavy atom. The van der Waals surface area contributed by atoms with Crippen molar-refractivity contribution in [2.45, 2.75) is 44.4 Å². The monoisotopic (exact) mass is 322 g/mol. The SMILES string of the molecule is CCc1n[nH]c(CN2C[C@H]3COCC[C@@]3(O)[C@@H]3COCC[C@@H]32)n1. The molecule has 0 saturated carbocycles. The number of ether oxygens (including phenoxy) is 2. The molecule has 3 aliphatic rings. The number of aromatic nitrogens is 3. The summed E-state index contributed by atoms with van der Waals surface area (Å²) in [4.78, 5) is 6.99. The van der Waals surface area contributed by atoms with Crippen molar-refractivity contribution in [1.82, 2.24) is 20.1 Å². The van der Waals surface area contributed by atoms with Crippen LogP contribution in [-0.4, -0.2) is 69.8 Å². The van der Waals surface area contributed by atoms with E-state index in [1.54, 1.807) is 0 Å². The van der Waals surface area contributed by atoms with Gasteiger partial charge in [0.25, 0.3) is 0 Å². The highest BCUT2D eigenvalue weighted by atomic mass is 16.5. The van der Waals surface area contributed by atoms with Crippen LogP contribution in [0.3, 0.4) is 0 Å². The Kier molecular flexibility index (Phi) is 4.13. The van der Waals surface area contributed by atoms with Crippen molar-refractivity contribution in [3.63, 3.8) is 0 Å². The number of H-pyrrole nitrogens is 1. The number of rotatable bonds is 3. The number of aryl methyl sites for hydroxylation is 1. The lowest BCUT2D eigenvalue weighted by atomic mass is 9.66.